The number of rotatable bonds is 8. The van der Waals surface area contributed by atoms with E-state index in [1.165, 1.54) is 37.3 Å². The molecule has 1 atom stereocenters. The molecule has 15 heteroatoms. The first kappa shape index (κ1) is 32.5. The number of carbonyl (C=O) groups excluding carboxylic acids is 2. The number of alkyl halides is 3. The van der Waals surface area contributed by atoms with Gasteiger partial charge in [0.15, 0.2) is 17.1 Å². The van der Waals surface area contributed by atoms with Gasteiger partial charge < -0.3 is 14.2 Å². The van der Waals surface area contributed by atoms with Gasteiger partial charge in [0, 0.05) is 14.2 Å². The van der Waals surface area contributed by atoms with Gasteiger partial charge in [0.1, 0.15) is 5.75 Å². The van der Waals surface area contributed by atoms with Crippen molar-refractivity contribution >= 4 is 86.1 Å². The fourth-order valence-corrected chi connectivity index (χ4v) is 7.28. The summed E-state index contributed by atoms with van der Waals surface area (Å²) in [4.78, 5) is 42.2. The number of hydrogen-bond acceptors (Lipinski definition) is 8. The summed E-state index contributed by atoms with van der Waals surface area (Å²) in [5.74, 6) is -1.55. The Balaban J connectivity index is 1.98. The third-order valence-corrected chi connectivity index (χ3v) is 8.40. The third kappa shape index (κ3) is 7.02. The Morgan fingerprint density at radius 3 is 2.40 bits per heavy atom. The molecule has 0 fully saturated rings. The molecule has 0 bridgehead atoms. The number of carbonyl (C=O) groups is 2. The molecule has 4 rings (SSSR count). The number of esters is 2. The van der Waals surface area contributed by atoms with Crippen molar-refractivity contribution < 1.29 is 37.0 Å². The molecular weight excluding hydrogens is 827 g/mol. The van der Waals surface area contributed by atoms with Crippen molar-refractivity contribution in [3.05, 3.63) is 90.6 Å². The molecule has 0 spiro atoms. The van der Waals surface area contributed by atoms with Crippen molar-refractivity contribution in [1.29, 1.82) is 0 Å². The molecule has 0 N–H and O–H groups in total. The zero-order valence-electron chi connectivity index (χ0n) is 21.8. The number of fused-ring (bicyclic) bond motifs is 1. The van der Waals surface area contributed by atoms with E-state index in [1.54, 1.807) is 19.1 Å². The molecule has 222 valence electrons. The van der Waals surface area contributed by atoms with Gasteiger partial charge >= 0.3 is 18.1 Å². The largest absolute Gasteiger partial charge is 0.480 e. The Morgan fingerprint density at radius 1 is 1.12 bits per heavy atom. The summed E-state index contributed by atoms with van der Waals surface area (Å²) >= 11 is 10.8. The number of thiazole rings is 1. The SMILES string of the molecule is CCOC(=O)COc1c(I)cc(I)cc1/C=c1\sc2n(c1=O)[C@@H](c1ccc(Cl)cc1)C(C(=O)OCC)=C(C(F)(F)F)N=2. The van der Waals surface area contributed by atoms with Crippen molar-refractivity contribution in [3.63, 3.8) is 0 Å². The molecule has 0 amide bonds. The fourth-order valence-electron chi connectivity index (χ4n) is 4.12. The molecule has 1 aliphatic heterocycles. The zero-order chi connectivity index (χ0) is 30.8. The Hall–Kier alpha value is -2.44. The summed E-state index contributed by atoms with van der Waals surface area (Å²) < 4.78 is 61.0. The summed E-state index contributed by atoms with van der Waals surface area (Å²) in [6, 6.07) is 7.77. The monoisotopic (exact) mass is 846 g/mol. The van der Waals surface area contributed by atoms with E-state index in [-0.39, 0.29) is 40.5 Å². The van der Waals surface area contributed by atoms with Crippen molar-refractivity contribution in [1.82, 2.24) is 4.57 Å². The van der Waals surface area contributed by atoms with Gasteiger partial charge in [-0.3, -0.25) is 9.36 Å². The number of ether oxygens (including phenoxy) is 3. The Morgan fingerprint density at radius 2 is 1.79 bits per heavy atom. The smallest absolute Gasteiger partial charge is 0.434 e. The highest BCUT2D eigenvalue weighted by atomic mass is 127. The van der Waals surface area contributed by atoms with E-state index in [9.17, 15) is 27.6 Å². The van der Waals surface area contributed by atoms with Crippen LogP contribution in [0.1, 0.15) is 31.0 Å². The van der Waals surface area contributed by atoms with Crippen LogP contribution in [0.5, 0.6) is 5.75 Å². The number of nitrogens with zero attached hydrogens (tertiary/aromatic N) is 2. The normalized spacial score (nSPS) is 15.2. The second-order valence-electron chi connectivity index (χ2n) is 8.51. The maximum Gasteiger partial charge on any atom is 0.434 e. The highest BCUT2D eigenvalue weighted by molar-refractivity contribution is 14.1. The number of allylic oxidation sites excluding steroid dienone is 1. The molecule has 1 aromatic heterocycles. The van der Waals surface area contributed by atoms with Gasteiger partial charge in [0.2, 0.25) is 0 Å². The predicted octanol–water partition coefficient (Wildman–Crippen LogP) is 5.15. The molecule has 0 saturated heterocycles. The number of hydrogen-bond donors (Lipinski definition) is 0. The van der Waals surface area contributed by atoms with E-state index < -0.39 is 41.0 Å². The van der Waals surface area contributed by atoms with Crippen LogP contribution in [-0.2, 0) is 19.1 Å². The average molecular weight is 847 g/mol. The van der Waals surface area contributed by atoms with Crippen LogP contribution in [0.3, 0.4) is 0 Å². The Bertz CT molecular complexity index is 1750. The van der Waals surface area contributed by atoms with Gasteiger partial charge in [0.25, 0.3) is 5.56 Å². The maximum absolute atomic E-state index is 14.3. The first-order valence-electron chi connectivity index (χ1n) is 12.2. The average Bonchev–Trinajstić information content (AvgIpc) is 3.22. The second-order valence-corrected chi connectivity index (χ2v) is 12.4. The van der Waals surface area contributed by atoms with Crippen LogP contribution in [0.4, 0.5) is 13.2 Å². The van der Waals surface area contributed by atoms with E-state index in [1.807, 2.05) is 22.6 Å². The van der Waals surface area contributed by atoms with Gasteiger partial charge in [-0.2, -0.15) is 13.2 Å². The minimum atomic E-state index is -5.03. The van der Waals surface area contributed by atoms with Crippen LogP contribution in [0.2, 0.25) is 5.02 Å². The molecule has 1 aliphatic rings. The second kappa shape index (κ2) is 13.5. The molecular formula is C27H20ClF3I2N2O6S. The molecule has 0 saturated carbocycles. The standard InChI is InChI=1S/C27H20ClF3I2N2O6S/c1-3-39-19(36)12-41-22-14(9-16(32)11-17(22)33)10-18-24(37)35-21(13-5-7-15(28)8-6-13)20(25(38)40-4-2)23(27(29,30)31)34-26(35)42-18/h5-11,21H,3-4,12H2,1-2H3/b18-10-/t21-/m0/s1. The van der Waals surface area contributed by atoms with E-state index in [2.05, 4.69) is 27.6 Å². The van der Waals surface area contributed by atoms with E-state index in [4.69, 9.17) is 25.8 Å². The molecule has 2 heterocycles. The van der Waals surface area contributed by atoms with Crippen LogP contribution in [-0.4, -0.2) is 42.5 Å². The first-order valence-corrected chi connectivity index (χ1v) is 15.5. The van der Waals surface area contributed by atoms with Gasteiger partial charge in [-0.25, -0.2) is 14.6 Å². The van der Waals surface area contributed by atoms with Crippen LogP contribution in [0.15, 0.2) is 57.5 Å². The maximum atomic E-state index is 14.3. The summed E-state index contributed by atoms with van der Waals surface area (Å²) in [5, 5.41) is 0.312. The molecule has 3 aromatic rings. The van der Waals surface area contributed by atoms with Crippen LogP contribution in [0, 0.1) is 7.14 Å². The van der Waals surface area contributed by atoms with Gasteiger partial charge in [-0.05, 0) is 94.9 Å². The highest BCUT2D eigenvalue weighted by Crippen LogP contribution is 2.38. The number of aromatic nitrogens is 1. The van der Waals surface area contributed by atoms with E-state index >= 15 is 0 Å². The van der Waals surface area contributed by atoms with Gasteiger partial charge in [-0.1, -0.05) is 35.1 Å². The lowest BCUT2D eigenvalue weighted by molar-refractivity contribution is -0.145. The molecule has 0 radical (unpaired) electrons. The predicted molar refractivity (Wildman–Crippen MR) is 166 cm³/mol. The Labute approximate surface area is 273 Å². The van der Waals surface area contributed by atoms with Crippen molar-refractivity contribution in [2.75, 3.05) is 19.8 Å². The summed E-state index contributed by atoms with van der Waals surface area (Å²) in [5.41, 5.74) is -2.34. The fraction of sp³-hybridized carbons (Fsp3) is 0.259. The Kier molecular flexibility index (Phi) is 10.4. The van der Waals surface area contributed by atoms with Crippen LogP contribution < -0.4 is 19.6 Å². The topological polar surface area (TPSA) is 96.2 Å². The number of benzene rings is 2. The third-order valence-electron chi connectivity index (χ3n) is 5.74. The van der Waals surface area contributed by atoms with Crippen molar-refractivity contribution in [2.45, 2.75) is 26.1 Å². The van der Waals surface area contributed by atoms with Crippen LogP contribution in [0.25, 0.3) is 6.08 Å². The summed E-state index contributed by atoms with van der Waals surface area (Å²) in [6.45, 7) is 2.71. The van der Waals surface area contributed by atoms with Gasteiger partial charge in [0.05, 0.1) is 32.9 Å². The van der Waals surface area contributed by atoms with Crippen molar-refractivity contribution in [3.8, 4) is 5.75 Å². The lowest BCUT2D eigenvalue weighted by Crippen LogP contribution is -2.41. The minimum absolute atomic E-state index is 0.0260. The first-order chi connectivity index (χ1) is 19.8. The lowest BCUT2D eigenvalue weighted by Gasteiger charge is -2.26. The quantitative estimate of drug-likeness (QED) is 0.230. The van der Waals surface area contributed by atoms with E-state index in [0.717, 1.165) is 19.5 Å². The highest BCUT2D eigenvalue weighted by Gasteiger charge is 2.45. The summed E-state index contributed by atoms with van der Waals surface area (Å²) in [7, 11) is 0. The zero-order valence-corrected chi connectivity index (χ0v) is 27.6. The lowest BCUT2D eigenvalue weighted by atomic mass is 9.95. The van der Waals surface area contributed by atoms with Crippen molar-refractivity contribution in [2.24, 2.45) is 4.99 Å². The molecule has 2 aromatic carbocycles. The number of halogens is 6. The van der Waals surface area contributed by atoms with E-state index in [0.29, 0.717) is 14.2 Å². The molecule has 8 nitrogen and oxygen atoms in total. The summed E-state index contributed by atoms with van der Waals surface area (Å²) in [6.07, 6.45) is -3.57. The molecule has 0 aliphatic carbocycles. The van der Waals surface area contributed by atoms with Gasteiger partial charge in [-0.15, -0.1) is 0 Å². The molecule has 0 unspecified atom stereocenters. The minimum Gasteiger partial charge on any atom is -0.480 e. The van der Waals surface area contributed by atoms with Crippen LogP contribution >= 0.6 is 68.1 Å². The molecule has 42 heavy (non-hydrogen) atoms.